The van der Waals surface area contributed by atoms with Crippen LogP contribution in [0.3, 0.4) is 0 Å². The van der Waals surface area contributed by atoms with Gasteiger partial charge in [0.25, 0.3) is 0 Å². The Labute approximate surface area is 110 Å². The van der Waals surface area contributed by atoms with Crippen LogP contribution in [0.15, 0.2) is 5.16 Å². The Morgan fingerprint density at radius 2 is 2.11 bits per heavy atom. The summed E-state index contributed by atoms with van der Waals surface area (Å²) in [5.41, 5.74) is 5.40. The van der Waals surface area contributed by atoms with Crippen LogP contribution in [0.1, 0.15) is 40.0 Å². The second-order valence-electron chi connectivity index (χ2n) is 5.81. The number of hydrogen-bond donors (Lipinski definition) is 3. The molecule has 1 aliphatic heterocycles. The Morgan fingerprint density at radius 1 is 1.50 bits per heavy atom. The van der Waals surface area contributed by atoms with Crippen LogP contribution in [0.2, 0.25) is 0 Å². The molecule has 0 aliphatic carbocycles. The van der Waals surface area contributed by atoms with E-state index in [0.29, 0.717) is 17.8 Å². The van der Waals surface area contributed by atoms with Gasteiger partial charge in [-0.15, -0.1) is 0 Å². The number of hydrogen-bond acceptors (Lipinski definition) is 4. The predicted octanol–water partition coefficient (Wildman–Crippen LogP) is 1.55. The molecule has 1 aliphatic rings. The minimum absolute atomic E-state index is 0.267. The average molecular weight is 257 g/mol. The van der Waals surface area contributed by atoms with Gasteiger partial charge in [-0.2, -0.15) is 0 Å². The first-order valence-electron chi connectivity index (χ1n) is 6.76. The summed E-state index contributed by atoms with van der Waals surface area (Å²) in [5, 5.41) is 15.3. The van der Waals surface area contributed by atoms with Crippen LogP contribution in [0.5, 0.6) is 0 Å². The van der Waals surface area contributed by atoms with E-state index >= 15 is 0 Å². The van der Waals surface area contributed by atoms with Crippen molar-refractivity contribution >= 4 is 5.84 Å². The Bertz CT molecular complexity index is 273. The number of rotatable bonds is 6. The van der Waals surface area contributed by atoms with Gasteiger partial charge < -0.3 is 21.0 Å². The highest BCUT2D eigenvalue weighted by molar-refractivity contribution is 5.85. The molecule has 1 fully saturated rings. The maximum absolute atomic E-state index is 8.71. The lowest BCUT2D eigenvalue weighted by molar-refractivity contribution is 0.0558. The number of nitrogens with two attached hydrogens (primary N) is 1. The molecular weight excluding hydrogens is 230 g/mol. The Balaban J connectivity index is 2.28. The van der Waals surface area contributed by atoms with Crippen molar-refractivity contribution in [2.24, 2.45) is 22.2 Å². The standard InChI is InChI=1S/C13H27N3O2/c1-10(11-4-8-18-9-5-11)15-7-6-13(2,3)12(14)16-17/h10-11,15,17H,4-9H2,1-3H3,(H2,14,16). The lowest BCUT2D eigenvalue weighted by Gasteiger charge is -2.30. The summed E-state index contributed by atoms with van der Waals surface area (Å²) in [7, 11) is 0. The third-order valence-electron chi connectivity index (χ3n) is 3.99. The molecule has 0 spiro atoms. The summed E-state index contributed by atoms with van der Waals surface area (Å²) in [6.07, 6.45) is 3.13. The highest BCUT2D eigenvalue weighted by atomic mass is 16.5. The number of nitrogens with zero attached hydrogens (tertiary/aromatic N) is 1. The summed E-state index contributed by atoms with van der Waals surface area (Å²) in [5.74, 6) is 0.994. The van der Waals surface area contributed by atoms with E-state index in [1.165, 1.54) is 0 Å². The van der Waals surface area contributed by atoms with Crippen molar-refractivity contribution in [3.63, 3.8) is 0 Å². The van der Waals surface area contributed by atoms with Crippen LogP contribution in [0.4, 0.5) is 0 Å². The molecule has 18 heavy (non-hydrogen) atoms. The number of nitrogens with one attached hydrogen (secondary N) is 1. The Hall–Kier alpha value is -0.810. The normalized spacial score (nSPS) is 20.9. The van der Waals surface area contributed by atoms with Crippen LogP contribution < -0.4 is 11.1 Å². The van der Waals surface area contributed by atoms with E-state index in [1.54, 1.807) is 0 Å². The zero-order valence-electron chi connectivity index (χ0n) is 11.8. The van der Waals surface area contributed by atoms with Crippen LogP contribution in [-0.2, 0) is 4.74 Å². The molecule has 4 N–H and O–H groups in total. The molecule has 106 valence electrons. The summed E-state index contributed by atoms with van der Waals surface area (Å²) in [6.45, 7) is 8.85. The van der Waals surface area contributed by atoms with Crippen LogP contribution in [-0.4, -0.2) is 36.8 Å². The third kappa shape index (κ3) is 4.46. The quantitative estimate of drug-likeness (QED) is 0.292. The molecule has 0 amide bonds. The molecule has 0 aromatic heterocycles. The highest BCUT2D eigenvalue weighted by Crippen LogP contribution is 2.21. The minimum atomic E-state index is -0.267. The van der Waals surface area contributed by atoms with E-state index < -0.39 is 0 Å². The molecule has 5 heteroatoms. The molecule has 0 aromatic rings. The zero-order chi connectivity index (χ0) is 13.6. The van der Waals surface area contributed by atoms with Gasteiger partial charge in [0.1, 0.15) is 5.84 Å². The zero-order valence-corrected chi connectivity index (χ0v) is 11.8. The fraction of sp³-hybridized carbons (Fsp3) is 0.923. The molecule has 1 heterocycles. The second kappa shape index (κ2) is 6.95. The monoisotopic (exact) mass is 257 g/mol. The second-order valence-corrected chi connectivity index (χ2v) is 5.81. The van der Waals surface area contributed by atoms with Gasteiger partial charge >= 0.3 is 0 Å². The lowest BCUT2D eigenvalue weighted by Crippen LogP contribution is -2.40. The van der Waals surface area contributed by atoms with Crippen molar-refractivity contribution in [3.8, 4) is 0 Å². The first-order valence-corrected chi connectivity index (χ1v) is 6.76. The lowest BCUT2D eigenvalue weighted by atomic mass is 9.87. The molecule has 1 saturated heterocycles. The fourth-order valence-electron chi connectivity index (χ4n) is 2.26. The summed E-state index contributed by atoms with van der Waals surface area (Å²) >= 11 is 0. The van der Waals surface area contributed by atoms with Crippen LogP contribution in [0.25, 0.3) is 0 Å². The topological polar surface area (TPSA) is 79.9 Å². The first kappa shape index (κ1) is 15.2. The van der Waals surface area contributed by atoms with Crippen LogP contribution in [0, 0.1) is 11.3 Å². The van der Waals surface area contributed by atoms with Gasteiger partial charge in [0.2, 0.25) is 0 Å². The maximum Gasteiger partial charge on any atom is 0.144 e. The van der Waals surface area contributed by atoms with Crippen molar-refractivity contribution in [1.29, 1.82) is 0 Å². The van der Waals surface area contributed by atoms with Gasteiger partial charge in [0.15, 0.2) is 0 Å². The van der Waals surface area contributed by atoms with Gasteiger partial charge in [-0.1, -0.05) is 19.0 Å². The van der Waals surface area contributed by atoms with E-state index in [4.69, 9.17) is 15.7 Å². The fourth-order valence-corrected chi connectivity index (χ4v) is 2.26. The van der Waals surface area contributed by atoms with E-state index in [1.807, 2.05) is 13.8 Å². The average Bonchev–Trinajstić information content (AvgIpc) is 2.38. The number of amidine groups is 1. The Morgan fingerprint density at radius 3 is 2.67 bits per heavy atom. The van der Waals surface area contributed by atoms with Gasteiger partial charge in [-0.05, 0) is 38.6 Å². The molecule has 0 bridgehead atoms. The largest absolute Gasteiger partial charge is 0.409 e. The maximum atomic E-state index is 8.71. The first-order chi connectivity index (χ1) is 8.47. The van der Waals surface area contributed by atoms with Gasteiger partial charge in [0.05, 0.1) is 0 Å². The summed E-state index contributed by atoms with van der Waals surface area (Å²) < 4.78 is 5.37. The highest BCUT2D eigenvalue weighted by Gasteiger charge is 2.24. The molecule has 1 rings (SSSR count). The van der Waals surface area contributed by atoms with E-state index in [-0.39, 0.29) is 5.41 Å². The Kier molecular flexibility index (Phi) is 5.88. The number of oxime groups is 1. The number of ether oxygens (including phenoxy) is 1. The summed E-state index contributed by atoms with van der Waals surface area (Å²) in [6, 6.07) is 0.497. The molecule has 5 nitrogen and oxygen atoms in total. The van der Waals surface area contributed by atoms with Crippen molar-refractivity contribution in [3.05, 3.63) is 0 Å². The molecule has 0 saturated carbocycles. The summed E-state index contributed by atoms with van der Waals surface area (Å²) in [4.78, 5) is 0. The molecule has 0 aromatic carbocycles. The van der Waals surface area contributed by atoms with E-state index in [9.17, 15) is 0 Å². The smallest absolute Gasteiger partial charge is 0.144 e. The van der Waals surface area contributed by atoms with Crippen molar-refractivity contribution in [2.75, 3.05) is 19.8 Å². The third-order valence-corrected chi connectivity index (χ3v) is 3.99. The molecular formula is C13H27N3O2. The van der Waals surface area contributed by atoms with Gasteiger partial charge in [-0.3, -0.25) is 0 Å². The van der Waals surface area contributed by atoms with E-state index in [2.05, 4.69) is 17.4 Å². The molecule has 0 radical (unpaired) electrons. The van der Waals surface area contributed by atoms with Gasteiger partial charge in [0, 0.05) is 24.7 Å². The molecule has 1 atom stereocenters. The molecule has 1 unspecified atom stereocenters. The predicted molar refractivity (Wildman–Crippen MR) is 72.8 cm³/mol. The van der Waals surface area contributed by atoms with E-state index in [0.717, 1.165) is 39.0 Å². The van der Waals surface area contributed by atoms with Crippen molar-refractivity contribution in [2.45, 2.75) is 46.1 Å². The van der Waals surface area contributed by atoms with Gasteiger partial charge in [-0.25, -0.2) is 0 Å². The van der Waals surface area contributed by atoms with Crippen LogP contribution >= 0.6 is 0 Å². The van der Waals surface area contributed by atoms with Crippen molar-refractivity contribution in [1.82, 2.24) is 5.32 Å². The SMILES string of the molecule is CC(NCCC(C)(C)C(N)=NO)C1CCOCC1. The minimum Gasteiger partial charge on any atom is -0.409 e. The van der Waals surface area contributed by atoms with Crippen molar-refractivity contribution < 1.29 is 9.94 Å².